The number of nitrogens with zero attached hydrogens (tertiary/aromatic N) is 2. The molecule has 1 aromatic heterocycles. The van der Waals surface area contributed by atoms with Crippen LogP contribution in [0.3, 0.4) is 0 Å². The quantitative estimate of drug-likeness (QED) is 0.636. The molecule has 1 N–H and O–H groups in total. The molecule has 1 amide bonds. The number of furan rings is 1. The summed E-state index contributed by atoms with van der Waals surface area (Å²) >= 11 is 0. The molecular weight excluding hydrogens is 402 g/mol. The Morgan fingerprint density at radius 3 is 2.57 bits per heavy atom. The zero-order chi connectivity index (χ0) is 21.1. The van der Waals surface area contributed by atoms with E-state index in [0.717, 1.165) is 11.0 Å². The minimum atomic E-state index is -3.59. The average molecular weight is 426 g/mol. The first kappa shape index (κ1) is 20.3. The summed E-state index contributed by atoms with van der Waals surface area (Å²) in [6.07, 6.45) is 2.94. The minimum absolute atomic E-state index is 0.172. The molecule has 0 radical (unpaired) electrons. The van der Waals surface area contributed by atoms with Crippen molar-refractivity contribution in [2.45, 2.75) is 4.90 Å². The largest absolute Gasteiger partial charge is 0.457 e. The SMILES string of the molecule is CN1CCN(S(=O)(=O)c2cccc(NC(=O)C=Cc3cc4ccccc4o3)c2)CC1. The van der Waals surface area contributed by atoms with Gasteiger partial charge in [0.15, 0.2) is 0 Å². The van der Waals surface area contributed by atoms with Gasteiger partial charge in [0.25, 0.3) is 0 Å². The molecule has 2 heterocycles. The molecule has 8 heteroatoms. The molecule has 3 aromatic rings. The smallest absolute Gasteiger partial charge is 0.248 e. The molecule has 2 aromatic carbocycles. The maximum atomic E-state index is 12.9. The molecule has 4 rings (SSSR count). The molecule has 0 unspecified atom stereocenters. The van der Waals surface area contributed by atoms with Crippen LogP contribution in [0.2, 0.25) is 0 Å². The molecule has 0 saturated carbocycles. The highest BCUT2D eigenvalue weighted by Gasteiger charge is 2.27. The van der Waals surface area contributed by atoms with Crippen LogP contribution in [-0.2, 0) is 14.8 Å². The number of nitrogens with one attached hydrogen (secondary N) is 1. The Kier molecular flexibility index (Phi) is 5.72. The van der Waals surface area contributed by atoms with Crippen LogP contribution in [-0.4, -0.2) is 56.8 Å². The Hall–Kier alpha value is -2.94. The summed E-state index contributed by atoms with van der Waals surface area (Å²) in [7, 11) is -1.62. The van der Waals surface area contributed by atoms with Gasteiger partial charge < -0.3 is 14.6 Å². The Balaban J connectivity index is 1.45. The zero-order valence-corrected chi connectivity index (χ0v) is 17.4. The lowest BCUT2D eigenvalue weighted by molar-refractivity contribution is -0.111. The van der Waals surface area contributed by atoms with E-state index >= 15 is 0 Å². The summed E-state index contributed by atoms with van der Waals surface area (Å²) in [4.78, 5) is 14.6. The van der Waals surface area contributed by atoms with Gasteiger partial charge in [-0.15, -0.1) is 0 Å². The van der Waals surface area contributed by atoms with Crippen molar-refractivity contribution >= 4 is 38.7 Å². The number of hydrogen-bond donors (Lipinski definition) is 1. The van der Waals surface area contributed by atoms with Crippen LogP contribution >= 0.6 is 0 Å². The number of likely N-dealkylation sites (N-methyl/N-ethyl adjacent to an activating group) is 1. The first-order valence-corrected chi connectivity index (χ1v) is 11.1. The van der Waals surface area contributed by atoms with E-state index in [2.05, 4.69) is 10.2 Å². The number of anilines is 1. The number of piperazine rings is 1. The first-order valence-electron chi connectivity index (χ1n) is 9.68. The van der Waals surface area contributed by atoms with E-state index in [1.165, 1.54) is 16.4 Å². The summed E-state index contributed by atoms with van der Waals surface area (Å²) in [5.74, 6) is 0.197. The van der Waals surface area contributed by atoms with E-state index in [0.29, 0.717) is 37.6 Å². The molecule has 7 nitrogen and oxygen atoms in total. The van der Waals surface area contributed by atoms with Gasteiger partial charge in [0.1, 0.15) is 11.3 Å². The second-order valence-electron chi connectivity index (χ2n) is 7.24. The second-order valence-corrected chi connectivity index (χ2v) is 9.18. The van der Waals surface area contributed by atoms with Crippen molar-refractivity contribution < 1.29 is 17.6 Å². The number of carbonyl (C=O) groups is 1. The molecule has 1 aliphatic rings. The maximum absolute atomic E-state index is 12.9. The number of benzene rings is 2. The standard InChI is InChI=1S/C22H23N3O4S/c1-24-11-13-25(14-12-24)30(27,28)20-7-4-6-18(16-20)23-22(26)10-9-19-15-17-5-2-3-8-21(17)29-19/h2-10,15-16H,11-14H2,1H3,(H,23,26). The Morgan fingerprint density at radius 1 is 1.03 bits per heavy atom. The van der Waals surface area contributed by atoms with Crippen molar-refractivity contribution in [1.82, 2.24) is 9.21 Å². The van der Waals surface area contributed by atoms with Crippen molar-refractivity contribution in [2.24, 2.45) is 0 Å². The highest BCUT2D eigenvalue weighted by Crippen LogP contribution is 2.22. The van der Waals surface area contributed by atoms with Gasteiger partial charge in [-0.2, -0.15) is 4.31 Å². The highest BCUT2D eigenvalue weighted by atomic mass is 32.2. The van der Waals surface area contributed by atoms with Gasteiger partial charge in [-0.25, -0.2) is 8.42 Å². The van der Waals surface area contributed by atoms with E-state index in [4.69, 9.17) is 4.42 Å². The van der Waals surface area contributed by atoms with Gasteiger partial charge in [-0.1, -0.05) is 24.3 Å². The zero-order valence-electron chi connectivity index (χ0n) is 16.6. The van der Waals surface area contributed by atoms with Crippen LogP contribution in [0.15, 0.2) is 70.0 Å². The maximum Gasteiger partial charge on any atom is 0.248 e. The van der Waals surface area contributed by atoms with Crippen LogP contribution < -0.4 is 5.32 Å². The molecule has 0 atom stereocenters. The molecule has 1 aliphatic heterocycles. The topological polar surface area (TPSA) is 82.9 Å². The summed E-state index contributed by atoms with van der Waals surface area (Å²) in [5.41, 5.74) is 1.17. The second kappa shape index (κ2) is 8.43. The van der Waals surface area contributed by atoms with E-state index in [-0.39, 0.29) is 10.8 Å². The Labute approximate surface area is 175 Å². The van der Waals surface area contributed by atoms with Crippen LogP contribution in [0.25, 0.3) is 17.0 Å². The molecule has 0 spiro atoms. The fourth-order valence-corrected chi connectivity index (χ4v) is 4.81. The van der Waals surface area contributed by atoms with E-state index in [1.807, 2.05) is 37.4 Å². The summed E-state index contributed by atoms with van der Waals surface area (Å²) in [6, 6.07) is 15.8. The Morgan fingerprint density at radius 2 is 1.80 bits per heavy atom. The molecule has 0 aliphatic carbocycles. The van der Waals surface area contributed by atoms with E-state index < -0.39 is 10.0 Å². The fourth-order valence-electron chi connectivity index (χ4n) is 3.34. The number of carbonyl (C=O) groups excluding carboxylic acids is 1. The third-order valence-corrected chi connectivity index (χ3v) is 6.94. The normalized spacial score (nSPS) is 16.3. The van der Waals surface area contributed by atoms with Crippen molar-refractivity contribution in [1.29, 1.82) is 0 Å². The van der Waals surface area contributed by atoms with Gasteiger partial charge >= 0.3 is 0 Å². The van der Waals surface area contributed by atoms with Crippen LogP contribution in [0.5, 0.6) is 0 Å². The third-order valence-electron chi connectivity index (χ3n) is 5.05. The monoisotopic (exact) mass is 425 g/mol. The predicted molar refractivity (Wildman–Crippen MR) is 117 cm³/mol. The Bertz CT molecular complexity index is 1160. The van der Waals surface area contributed by atoms with E-state index in [9.17, 15) is 13.2 Å². The fraction of sp³-hybridized carbons (Fsp3) is 0.227. The third kappa shape index (κ3) is 4.46. The van der Waals surface area contributed by atoms with Crippen LogP contribution in [0.1, 0.15) is 5.76 Å². The molecule has 0 bridgehead atoms. The van der Waals surface area contributed by atoms with Gasteiger partial charge in [0, 0.05) is 43.3 Å². The summed E-state index contributed by atoms with van der Waals surface area (Å²) in [6.45, 7) is 2.30. The van der Waals surface area contributed by atoms with Crippen LogP contribution in [0, 0.1) is 0 Å². The first-order chi connectivity index (χ1) is 14.4. The molecule has 1 fully saturated rings. The summed E-state index contributed by atoms with van der Waals surface area (Å²) in [5, 5.41) is 3.67. The van der Waals surface area contributed by atoms with E-state index in [1.54, 1.807) is 24.3 Å². The van der Waals surface area contributed by atoms with Crippen molar-refractivity contribution in [2.75, 3.05) is 38.5 Å². The number of hydrogen-bond acceptors (Lipinski definition) is 5. The van der Waals surface area contributed by atoms with Crippen molar-refractivity contribution in [3.8, 4) is 0 Å². The predicted octanol–water partition coefficient (Wildman–Crippen LogP) is 3.02. The van der Waals surface area contributed by atoms with Gasteiger partial charge in [-0.05, 0) is 43.5 Å². The lowest BCUT2D eigenvalue weighted by atomic mass is 10.2. The van der Waals surface area contributed by atoms with Crippen molar-refractivity contribution in [3.05, 3.63) is 66.4 Å². The van der Waals surface area contributed by atoms with Gasteiger partial charge in [-0.3, -0.25) is 4.79 Å². The number of sulfonamides is 1. The molecular formula is C22H23N3O4S. The lowest BCUT2D eigenvalue weighted by Crippen LogP contribution is -2.47. The number of amides is 1. The molecule has 30 heavy (non-hydrogen) atoms. The summed E-state index contributed by atoms with van der Waals surface area (Å²) < 4.78 is 32.9. The lowest BCUT2D eigenvalue weighted by Gasteiger charge is -2.31. The minimum Gasteiger partial charge on any atom is -0.457 e. The highest BCUT2D eigenvalue weighted by molar-refractivity contribution is 7.89. The number of rotatable bonds is 5. The van der Waals surface area contributed by atoms with Gasteiger partial charge in [0.05, 0.1) is 4.90 Å². The van der Waals surface area contributed by atoms with Gasteiger partial charge in [0.2, 0.25) is 15.9 Å². The van der Waals surface area contributed by atoms with Crippen molar-refractivity contribution in [3.63, 3.8) is 0 Å². The number of fused-ring (bicyclic) bond motifs is 1. The van der Waals surface area contributed by atoms with Crippen LogP contribution in [0.4, 0.5) is 5.69 Å². The molecule has 1 saturated heterocycles. The molecule has 156 valence electrons. The average Bonchev–Trinajstić information content (AvgIpc) is 3.16. The number of para-hydroxylation sites is 1.